The van der Waals surface area contributed by atoms with Gasteiger partial charge in [0.1, 0.15) is 4.90 Å². The lowest BCUT2D eigenvalue weighted by atomic mass is 10.1. The summed E-state index contributed by atoms with van der Waals surface area (Å²) in [6.45, 7) is 0.708. The summed E-state index contributed by atoms with van der Waals surface area (Å²) < 4.78 is 77.7. The largest absolute Gasteiger partial charge is 0.452 e. The molecule has 41 heavy (non-hydrogen) atoms. The van der Waals surface area contributed by atoms with Crippen molar-refractivity contribution in [3.8, 4) is 0 Å². The van der Waals surface area contributed by atoms with Gasteiger partial charge < -0.3 is 19.7 Å². The fourth-order valence-electron chi connectivity index (χ4n) is 4.05. The molecule has 0 unspecified atom stereocenters. The van der Waals surface area contributed by atoms with Crippen molar-refractivity contribution >= 4 is 50.6 Å². The van der Waals surface area contributed by atoms with Crippen LogP contribution in [0, 0.1) is 0 Å². The molecule has 0 spiro atoms. The van der Waals surface area contributed by atoms with Gasteiger partial charge >= 0.3 is 12.1 Å². The zero-order valence-electron chi connectivity index (χ0n) is 21.7. The summed E-state index contributed by atoms with van der Waals surface area (Å²) in [6, 6.07) is 14.7. The average molecular weight is 612 g/mol. The molecule has 1 aliphatic rings. The fourth-order valence-corrected chi connectivity index (χ4v) is 5.74. The molecule has 1 N–H and O–H groups in total. The van der Waals surface area contributed by atoms with Crippen molar-refractivity contribution in [3.63, 3.8) is 0 Å². The van der Waals surface area contributed by atoms with Gasteiger partial charge in [0.15, 0.2) is 6.61 Å². The molecule has 0 aromatic heterocycles. The minimum atomic E-state index is -4.64. The highest BCUT2D eigenvalue weighted by molar-refractivity contribution is 7.93. The maximum absolute atomic E-state index is 13.3. The van der Waals surface area contributed by atoms with Crippen LogP contribution in [0.1, 0.15) is 15.9 Å². The Balaban J connectivity index is 1.49. The van der Waals surface area contributed by atoms with E-state index in [9.17, 15) is 31.2 Å². The summed E-state index contributed by atoms with van der Waals surface area (Å²) in [4.78, 5) is 26.8. The van der Waals surface area contributed by atoms with Crippen LogP contribution in [0.5, 0.6) is 0 Å². The van der Waals surface area contributed by atoms with Gasteiger partial charge in [-0.3, -0.25) is 9.10 Å². The maximum Gasteiger partial charge on any atom is 0.416 e. The number of esters is 1. The fraction of sp³-hybridized carbons (Fsp3) is 0.259. The summed E-state index contributed by atoms with van der Waals surface area (Å²) in [5.41, 5.74) is -0.547. The lowest BCUT2D eigenvalue weighted by Crippen LogP contribution is -2.37. The van der Waals surface area contributed by atoms with Crippen molar-refractivity contribution < 1.29 is 40.7 Å². The number of amides is 1. The van der Waals surface area contributed by atoms with E-state index >= 15 is 0 Å². The number of nitrogens with zero attached hydrogens (tertiary/aromatic N) is 2. The third-order valence-corrected chi connectivity index (χ3v) is 8.48. The molecule has 1 heterocycles. The Kier molecular flexibility index (Phi) is 9.10. The first kappa shape index (κ1) is 30.2. The summed E-state index contributed by atoms with van der Waals surface area (Å²) in [6.07, 6.45) is -4.64. The Bertz CT molecular complexity index is 1530. The topological polar surface area (TPSA) is 105 Å². The van der Waals surface area contributed by atoms with Crippen molar-refractivity contribution in [2.24, 2.45) is 0 Å². The van der Waals surface area contributed by atoms with E-state index in [0.717, 1.165) is 22.5 Å². The molecule has 218 valence electrons. The molecule has 3 aromatic rings. The van der Waals surface area contributed by atoms with E-state index in [2.05, 4.69) is 5.32 Å². The number of nitrogens with one attached hydrogen (secondary N) is 1. The van der Waals surface area contributed by atoms with Crippen LogP contribution in [-0.2, 0) is 30.5 Å². The predicted molar refractivity (Wildman–Crippen MR) is 147 cm³/mol. The highest BCUT2D eigenvalue weighted by atomic mass is 35.5. The van der Waals surface area contributed by atoms with Crippen molar-refractivity contribution in [3.05, 3.63) is 82.9 Å². The number of carbonyl (C=O) groups is 2. The number of hydrogen-bond donors (Lipinski definition) is 1. The van der Waals surface area contributed by atoms with Gasteiger partial charge in [-0.15, -0.1) is 0 Å². The second-order valence-corrected chi connectivity index (χ2v) is 11.3. The van der Waals surface area contributed by atoms with Gasteiger partial charge in [-0.25, -0.2) is 13.2 Å². The smallest absolute Gasteiger partial charge is 0.416 e. The van der Waals surface area contributed by atoms with E-state index in [0.29, 0.717) is 37.7 Å². The first-order valence-corrected chi connectivity index (χ1v) is 14.0. The number of anilines is 3. The van der Waals surface area contributed by atoms with E-state index in [1.807, 2.05) is 0 Å². The van der Waals surface area contributed by atoms with Crippen LogP contribution in [-0.4, -0.2) is 60.3 Å². The van der Waals surface area contributed by atoms with Crippen LogP contribution in [0.3, 0.4) is 0 Å². The van der Waals surface area contributed by atoms with Gasteiger partial charge in [0, 0.05) is 20.1 Å². The van der Waals surface area contributed by atoms with Crippen molar-refractivity contribution in [1.29, 1.82) is 0 Å². The number of halogens is 4. The average Bonchev–Trinajstić information content (AvgIpc) is 2.96. The number of para-hydroxylation sites is 1. The van der Waals surface area contributed by atoms with Gasteiger partial charge in [0.2, 0.25) is 0 Å². The molecule has 0 atom stereocenters. The van der Waals surface area contributed by atoms with E-state index in [-0.39, 0.29) is 21.2 Å². The molecule has 4 rings (SSSR count). The maximum atomic E-state index is 13.3. The Labute approximate surface area is 239 Å². The minimum Gasteiger partial charge on any atom is -0.452 e. The van der Waals surface area contributed by atoms with E-state index in [1.54, 1.807) is 35.2 Å². The van der Waals surface area contributed by atoms with Crippen LogP contribution >= 0.6 is 11.6 Å². The summed E-state index contributed by atoms with van der Waals surface area (Å²) >= 11 is 6.14. The Morgan fingerprint density at radius 2 is 1.73 bits per heavy atom. The van der Waals surface area contributed by atoms with E-state index in [1.165, 1.54) is 25.2 Å². The van der Waals surface area contributed by atoms with Gasteiger partial charge in [0.05, 0.1) is 46.4 Å². The van der Waals surface area contributed by atoms with Crippen LogP contribution in [0.4, 0.5) is 30.2 Å². The lowest BCUT2D eigenvalue weighted by Gasteiger charge is -2.31. The molecule has 1 aliphatic heterocycles. The predicted octanol–water partition coefficient (Wildman–Crippen LogP) is 4.82. The normalized spacial score (nSPS) is 13.9. The molecule has 1 fully saturated rings. The second-order valence-electron chi connectivity index (χ2n) is 8.91. The van der Waals surface area contributed by atoms with Crippen LogP contribution in [0.2, 0.25) is 5.02 Å². The first-order chi connectivity index (χ1) is 19.4. The zero-order chi connectivity index (χ0) is 29.8. The third-order valence-electron chi connectivity index (χ3n) is 6.21. The zero-order valence-corrected chi connectivity index (χ0v) is 23.2. The summed E-state index contributed by atoms with van der Waals surface area (Å²) in [5.74, 6) is -1.93. The van der Waals surface area contributed by atoms with E-state index < -0.39 is 40.2 Å². The number of rotatable bonds is 8. The molecular formula is C27H25ClF3N3O6S. The quantitative estimate of drug-likeness (QED) is 0.364. The Morgan fingerprint density at radius 3 is 2.39 bits per heavy atom. The van der Waals surface area contributed by atoms with Crippen molar-refractivity contribution in [2.45, 2.75) is 11.1 Å². The number of sulfonamides is 1. The van der Waals surface area contributed by atoms with Gasteiger partial charge in [-0.05, 0) is 48.5 Å². The molecule has 3 aromatic carbocycles. The molecule has 0 saturated carbocycles. The monoisotopic (exact) mass is 611 g/mol. The molecule has 14 heteroatoms. The van der Waals surface area contributed by atoms with Crippen LogP contribution < -0.4 is 14.5 Å². The Hall–Kier alpha value is -3.81. The summed E-state index contributed by atoms with van der Waals surface area (Å²) in [7, 11) is -2.84. The molecule has 0 aliphatic carbocycles. The van der Waals surface area contributed by atoms with Gasteiger partial charge in [0.25, 0.3) is 15.9 Å². The van der Waals surface area contributed by atoms with Gasteiger partial charge in [-0.1, -0.05) is 29.8 Å². The first-order valence-electron chi connectivity index (χ1n) is 12.2. The van der Waals surface area contributed by atoms with E-state index in [4.69, 9.17) is 21.1 Å². The number of morpholine rings is 1. The second kappa shape index (κ2) is 12.4. The molecule has 0 bridgehead atoms. The molecule has 1 saturated heterocycles. The Morgan fingerprint density at radius 1 is 1.05 bits per heavy atom. The standard InChI is InChI=1S/C27H25ClF3N3O6S/c1-33(20-5-3-2-4-6-20)41(37,38)24-15-18(7-9-21(24)28)26(36)40-17-25(35)32-22-16-19(27(29,30)31)8-10-23(22)34-11-13-39-14-12-34/h2-10,15-16H,11-14,17H2,1H3,(H,32,35). The van der Waals surface area contributed by atoms with Crippen LogP contribution in [0.25, 0.3) is 0 Å². The summed E-state index contributed by atoms with van der Waals surface area (Å²) in [5, 5.41) is 2.25. The highest BCUT2D eigenvalue weighted by Gasteiger charge is 2.32. The highest BCUT2D eigenvalue weighted by Crippen LogP contribution is 2.36. The van der Waals surface area contributed by atoms with Crippen LogP contribution in [0.15, 0.2) is 71.6 Å². The lowest BCUT2D eigenvalue weighted by molar-refractivity contribution is -0.137. The minimum absolute atomic E-state index is 0.105. The van der Waals surface area contributed by atoms with Gasteiger partial charge in [-0.2, -0.15) is 13.2 Å². The number of alkyl halides is 3. The number of benzene rings is 3. The SMILES string of the molecule is CN(c1ccccc1)S(=O)(=O)c1cc(C(=O)OCC(=O)Nc2cc(C(F)(F)F)ccc2N2CCOCC2)ccc1Cl. The number of hydrogen-bond acceptors (Lipinski definition) is 7. The number of carbonyl (C=O) groups excluding carboxylic acids is 2. The van der Waals surface area contributed by atoms with Crippen molar-refractivity contribution in [1.82, 2.24) is 0 Å². The number of ether oxygens (including phenoxy) is 2. The molecule has 0 radical (unpaired) electrons. The molecule has 9 nitrogen and oxygen atoms in total. The third kappa shape index (κ3) is 7.10. The molecular weight excluding hydrogens is 587 g/mol. The van der Waals surface area contributed by atoms with Crippen molar-refractivity contribution in [2.75, 3.05) is 54.5 Å². The molecule has 1 amide bonds.